The van der Waals surface area contributed by atoms with E-state index in [2.05, 4.69) is 0 Å². The number of ether oxygens (including phenoxy) is 1. The molecule has 0 radical (unpaired) electrons. The molecule has 0 aliphatic rings. The largest absolute Gasteiger partial charge is 0.443 e. The molecule has 0 fully saturated rings. The van der Waals surface area contributed by atoms with Gasteiger partial charge < -0.3 is 15.6 Å². The molecule has 3 N–H and O–H groups in total. The monoisotopic (exact) mass is 243 g/mol. The van der Waals surface area contributed by atoms with Crippen LogP contribution in [0, 0.1) is 0 Å². The topological polar surface area (TPSA) is 72.5 Å². The first kappa shape index (κ1) is 12.8. The van der Waals surface area contributed by atoms with Crippen molar-refractivity contribution in [2.24, 2.45) is 5.73 Å². The Morgan fingerprint density at radius 1 is 1.56 bits per heavy atom. The number of benzene rings is 1. The highest BCUT2D eigenvalue weighted by Gasteiger charge is 2.23. The third-order valence-electron chi connectivity index (χ3n) is 2.25. The van der Waals surface area contributed by atoms with Crippen LogP contribution in [0.4, 0.5) is 4.79 Å². The zero-order valence-corrected chi connectivity index (χ0v) is 9.65. The molecule has 1 unspecified atom stereocenters. The van der Waals surface area contributed by atoms with Gasteiger partial charge in [0.15, 0.2) is 0 Å². The zero-order chi connectivity index (χ0) is 12.1. The fourth-order valence-corrected chi connectivity index (χ4v) is 1.68. The maximum atomic E-state index is 10.6. The molecule has 16 heavy (non-hydrogen) atoms. The van der Waals surface area contributed by atoms with Crippen molar-refractivity contribution in [2.45, 2.75) is 25.6 Å². The van der Waals surface area contributed by atoms with Crippen molar-refractivity contribution in [3.05, 3.63) is 34.9 Å². The molecule has 1 amide bonds. The summed E-state index contributed by atoms with van der Waals surface area (Å²) >= 11 is 5.92. The molecule has 0 bridgehead atoms. The number of carbonyl (C=O) groups is 1. The van der Waals surface area contributed by atoms with Crippen LogP contribution in [0.5, 0.6) is 0 Å². The van der Waals surface area contributed by atoms with E-state index in [1.807, 2.05) is 0 Å². The average molecular weight is 244 g/mol. The molecule has 0 heterocycles. The van der Waals surface area contributed by atoms with Crippen molar-refractivity contribution in [2.75, 3.05) is 0 Å². The Bertz CT molecular complexity index is 370. The molecule has 0 saturated heterocycles. The molecule has 2 atom stereocenters. The molecular weight excluding hydrogens is 230 g/mol. The van der Waals surface area contributed by atoms with Gasteiger partial charge in [-0.3, -0.25) is 0 Å². The quantitative estimate of drug-likeness (QED) is 0.852. The molecule has 5 heteroatoms. The van der Waals surface area contributed by atoms with E-state index < -0.39 is 18.3 Å². The molecule has 0 aliphatic heterocycles. The summed E-state index contributed by atoms with van der Waals surface area (Å²) in [5.41, 5.74) is 5.44. The fraction of sp³-hybridized carbons (Fsp3) is 0.364. The molecule has 1 rings (SSSR count). The Morgan fingerprint density at radius 3 is 2.69 bits per heavy atom. The van der Waals surface area contributed by atoms with E-state index in [9.17, 15) is 9.90 Å². The standard InChI is InChI=1S/C11H14ClNO3/c1-2-9(16-11(13)15)10(14)7-5-3-4-6-8(7)12/h3-6,9-10,14H,2H2,1H3,(H2,13,15)/t9?,10-/m0/s1. The van der Waals surface area contributed by atoms with Crippen molar-refractivity contribution in [3.63, 3.8) is 0 Å². The van der Waals surface area contributed by atoms with Crippen molar-refractivity contribution in [1.82, 2.24) is 0 Å². The molecule has 0 spiro atoms. The van der Waals surface area contributed by atoms with Crippen LogP contribution >= 0.6 is 11.6 Å². The second-order valence-electron chi connectivity index (χ2n) is 3.35. The maximum Gasteiger partial charge on any atom is 0.404 e. The summed E-state index contributed by atoms with van der Waals surface area (Å²) in [7, 11) is 0. The Balaban J connectivity index is 2.86. The highest BCUT2D eigenvalue weighted by molar-refractivity contribution is 6.31. The first-order valence-electron chi connectivity index (χ1n) is 4.94. The lowest BCUT2D eigenvalue weighted by molar-refractivity contribution is 0.00341. The average Bonchev–Trinajstić information content (AvgIpc) is 2.25. The predicted octanol–water partition coefficient (Wildman–Crippen LogP) is 2.25. The van der Waals surface area contributed by atoms with Crippen molar-refractivity contribution in [3.8, 4) is 0 Å². The Morgan fingerprint density at radius 2 is 2.19 bits per heavy atom. The highest BCUT2D eigenvalue weighted by Crippen LogP contribution is 2.27. The molecule has 0 saturated carbocycles. The van der Waals surface area contributed by atoms with Crippen LogP contribution in [0.2, 0.25) is 5.02 Å². The lowest BCUT2D eigenvalue weighted by Crippen LogP contribution is -2.28. The lowest BCUT2D eigenvalue weighted by atomic mass is 10.0. The third kappa shape index (κ3) is 3.12. The predicted molar refractivity (Wildman–Crippen MR) is 61.2 cm³/mol. The van der Waals surface area contributed by atoms with Crippen LogP contribution in [0.15, 0.2) is 24.3 Å². The van der Waals surface area contributed by atoms with Gasteiger partial charge in [-0.2, -0.15) is 0 Å². The molecule has 1 aromatic carbocycles. The summed E-state index contributed by atoms with van der Waals surface area (Å²) in [6, 6.07) is 6.85. The van der Waals surface area contributed by atoms with Gasteiger partial charge in [0.1, 0.15) is 12.2 Å². The summed E-state index contributed by atoms with van der Waals surface area (Å²) in [6.07, 6.45) is -2.10. The van der Waals surface area contributed by atoms with Crippen LogP contribution in [0.1, 0.15) is 25.0 Å². The molecular formula is C11H14ClNO3. The number of carbonyl (C=O) groups excluding carboxylic acids is 1. The van der Waals surface area contributed by atoms with Gasteiger partial charge in [0.05, 0.1) is 0 Å². The van der Waals surface area contributed by atoms with Gasteiger partial charge in [0.2, 0.25) is 0 Å². The second kappa shape index (κ2) is 5.72. The molecule has 1 aromatic rings. The van der Waals surface area contributed by atoms with Crippen molar-refractivity contribution in [1.29, 1.82) is 0 Å². The van der Waals surface area contributed by atoms with Crippen LogP contribution in [-0.4, -0.2) is 17.3 Å². The fourth-order valence-electron chi connectivity index (χ4n) is 1.44. The summed E-state index contributed by atoms with van der Waals surface area (Å²) < 4.78 is 4.80. The van der Waals surface area contributed by atoms with E-state index in [1.165, 1.54) is 0 Å². The number of halogens is 1. The van der Waals surface area contributed by atoms with E-state index in [0.717, 1.165) is 0 Å². The van der Waals surface area contributed by atoms with E-state index in [-0.39, 0.29) is 0 Å². The Kier molecular flexibility index (Phi) is 4.58. The van der Waals surface area contributed by atoms with Crippen molar-refractivity contribution >= 4 is 17.7 Å². The normalized spacial score (nSPS) is 14.2. The smallest absolute Gasteiger partial charge is 0.404 e. The summed E-state index contributed by atoms with van der Waals surface area (Å²) in [5, 5.41) is 10.4. The summed E-state index contributed by atoms with van der Waals surface area (Å²) in [5.74, 6) is 0. The van der Waals surface area contributed by atoms with Gasteiger partial charge in [-0.15, -0.1) is 0 Å². The van der Waals surface area contributed by atoms with Gasteiger partial charge in [-0.1, -0.05) is 36.7 Å². The van der Waals surface area contributed by atoms with Gasteiger partial charge in [0, 0.05) is 10.6 Å². The van der Waals surface area contributed by atoms with E-state index in [0.29, 0.717) is 17.0 Å². The highest BCUT2D eigenvalue weighted by atomic mass is 35.5. The zero-order valence-electron chi connectivity index (χ0n) is 8.89. The van der Waals surface area contributed by atoms with Crippen LogP contribution in [-0.2, 0) is 4.74 Å². The van der Waals surface area contributed by atoms with E-state index in [4.69, 9.17) is 22.1 Å². The number of hydrogen-bond acceptors (Lipinski definition) is 3. The van der Waals surface area contributed by atoms with Gasteiger partial charge >= 0.3 is 6.09 Å². The Labute approximate surface area is 99.0 Å². The number of amides is 1. The lowest BCUT2D eigenvalue weighted by Gasteiger charge is -2.21. The first-order valence-corrected chi connectivity index (χ1v) is 5.32. The summed E-state index contributed by atoms with van der Waals surface area (Å²) in [6.45, 7) is 1.79. The molecule has 88 valence electrons. The molecule has 0 aliphatic carbocycles. The molecule has 0 aromatic heterocycles. The van der Waals surface area contributed by atoms with Gasteiger partial charge in [-0.25, -0.2) is 4.79 Å². The Hall–Kier alpha value is -1.26. The number of aliphatic hydroxyl groups excluding tert-OH is 1. The minimum atomic E-state index is -0.966. The van der Waals surface area contributed by atoms with Crippen LogP contribution in [0.25, 0.3) is 0 Å². The number of nitrogens with two attached hydrogens (primary N) is 1. The van der Waals surface area contributed by atoms with Crippen molar-refractivity contribution < 1.29 is 14.6 Å². The summed E-state index contributed by atoms with van der Waals surface area (Å²) in [4.78, 5) is 10.6. The molecule has 4 nitrogen and oxygen atoms in total. The maximum absolute atomic E-state index is 10.6. The van der Waals surface area contributed by atoms with E-state index >= 15 is 0 Å². The second-order valence-corrected chi connectivity index (χ2v) is 3.76. The third-order valence-corrected chi connectivity index (χ3v) is 2.59. The number of rotatable bonds is 4. The minimum absolute atomic E-state index is 0.432. The van der Waals surface area contributed by atoms with Gasteiger partial charge in [0.25, 0.3) is 0 Å². The SMILES string of the molecule is CCC(OC(N)=O)[C@@H](O)c1ccccc1Cl. The van der Waals surface area contributed by atoms with Crippen LogP contribution in [0.3, 0.4) is 0 Å². The number of primary amides is 1. The van der Waals surface area contributed by atoms with E-state index in [1.54, 1.807) is 31.2 Å². The number of hydrogen-bond donors (Lipinski definition) is 2. The minimum Gasteiger partial charge on any atom is -0.443 e. The van der Waals surface area contributed by atoms with Gasteiger partial charge in [-0.05, 0) is 12.5 Å². The number of aliphatic hydroxyl groups is 1. The van der Waals surface area contributed by atoms with Crippen LogP contribution < -0.4 is 5.73 Å². The first-order chi connectivity index (χ1) is 7.56.